The Bertz CT molecular complexity index is 713. The van der Waals surface area contributed by atoms with Crippen LogP contribution in [0.2, 0.25) is 0 Å². The summed E-state index contributed by atoms with van der Waals surface area (Å²) in [6.07, 6.45) is 5.59. The molecule has 2 N–H and O–H groups in total. The molecule has 6 nitrogen and oxygen atoms in total. The van der Waals surface area contributed by atoms with Crippen LogP contribution in [-0.2, 0) is 6.54 Å². The Labute approximate surface area is 191 Å². The molecule has 1 saturated heterocycles. The van der Waals surface area contributed by atoms with Gasteiger partial charge in [0.1, 0.15) is 11.5 Å². The van der Waals surface area contributed by atoms with Gasteiger partial charge >= 0.3 is 0 Å². The first-order valence-corrected chi connectivity index (χ1v) is 10.2. The zero-order valence-electron chi connectivity index (χ0n) is 17.4. The molecule has 2 aromatic rings. The average Bonchev–Trinajstić information content (AvgIpc) is 3.28. The number of ether oxygens (including phenoxy) is 1. The van der Waals surface area contributed by atoms with E-state index in [2.05, 4.69) is 28.5 Å². The second-order valence-corrected chi connectivity index (χ2v) is 7.05. The molecule has 1 aliphatic heterocycles. The summed E-state index contributed by atoms with van der Waals surface area (Å²) in [7, 11) is 1.68. The van der Waals surface area contributed by atoms with E-state index in [1.165, 1.54) is 19.3 Å². The number of methoxy groups -OCH3 is 1. The lowest BCUT2D eigenvalue weighted by molar-refractivity contribution is 0.146. The maximum Gasteiger partial charge on any atom is 0.191 e. The lowest BCUT2D eigenvalue weighted by Crippen LogP contribution is -2.44. The van der Waals surface area contributed by atoms with Gasteiger partial charge in [0.25, 0.3) is 0 Å². The third-order valence-electron chi connectivity index (χ3n) is 5.09. The van der Waals surface area contributed by atoms with Crippen LogP contribution in [0.1, 0.15) is 43.6 Å². The Hall–Kier alpha value is -1.74. The van der Waals surface area contributed by atoms with Crippen LogP contribution < -0.4 is 15.4 Å². The Kier molecular flexibility index (Phi) is 10.3. The molecule has 0 saturated carbocycles. The number of hydrogen-bond acceptors (Lipinski definition) is 4. The van der Waals surface area contributed by atoms with Crippen molar-refractivity contribution in [2.45, 2.75) is 38.8 Å². The number of likely N-dealkylation sites (tertiary alicyclic amines) is 1. The monoisotopic (exact) mass is 512 g/mol. The lowest BCUT2D eigenvalue weighted by atomic mass is 10.1. The molecule has 0 radical (unpaired) electrons. The van der Waals surface area contributed by atoms with E-state index in [-0.39, 0.29) is 30.0 Å². The molecular formula is C22H33IN4O2. The van der Waals surface area contributed by atoms with E-state index in [0.29, 0.717) is 6.54 Å². The fourth-order valence-corrected chi connectivity index (χ4v) is 3.56. The van der Waals surface area contributed by atoms with Crippen molar-refractivity contribution < 1.29 is 9.15 Å². The summed E-state index contributed by atoms with van der Waals surface area (Å²) in [6.45, 7) is 6.53. The minimum atomic E-state index is 0. The van der Waals surface area contributed by atoms with Crippen LogP contribution in [-0.4, -0.2) is 44.1 Å². The number of halogens is 1. The van der Waals surface area contributed by atoms with Crippen molar-refractivity contribution in [2.24, 2.45) is 4.99 Å². The third kappa shape index (κ3) is 7.22. The van der Waals surface area contributed by atoms with Gasteiger partial charge in [-0.05, 0) is 62.7 Å². The molecule has 0 aliphatic carbocycles. The van der Waals surface area contributed by atoms with Crippen molar-refractivity contribution in [1.29, 1.82) is 0 Å². The molecule has 0 spiro atoms. The molecular weight excluding hydrogens is 479 g/mol. The molecule has 1 fully saturated rings. The number of aliphatic imine (C=N–C) groups is 1. The van der Waals surface area contributed by atoms with Gasteiger partial charge in [-0.15, -0.1) is 24.0 Å². The number of rotatable bonds is 8. The first-order valence-electron chi connectivity index (χ1n) is 10.2. The zero-order valence-corrected chi connectivity index (χ0v) is 19.7. The molecule has 0 bridgehead atoms. The van der Waals surface area contributed by atoms with Crippen LogP contribution in [0.5, 0.6) is 5.75 Å². The standard InChI is InChI=1S/C22H32N4O2.HI/c1-3-23-22(24-16-18-9-11-19(27-2)12-10-18)25-17-20(21-8-7-15-28-21)26-13-5-4-6-14-26;/h7-12,15,20H,3-6,13-14,16-17H2,1-2H3,(H2,23,24,25);1H. The Morgan fingerprint density at radius 1 is 1.14 bits per heavy atom. The molecule has 0 amide bonds. The van der Waals surface area contributed by atoms with Crippen LogP contribution >= 0.6 is 24.0 Å². The lowest BCUT2D eigenvalue weighted by Gasteiger charge is -2.33. The molecule has 3 rings (SSSR count). The number of piperidine rings is 1. The predicted octanol–water partition coefficient (Wildman–Crippen LogP) is 4.19. The van der Waals surface area contributed by atoms with Gasteiger partial charge in [0.2, 0.25) is 0 Å². The third-order valence-corrected chi connectivity index (χ3v) is 5.09. The molecule has 1 aromatic heterocycles. The highest BCUT2D eigenvalue weighted by molar-refractivity contribution is 14.0. The summed E-state index contributed by atoms with van der Waals surface area (Å²) >= 11 is 0. The highest BCUT2D eigenvalue weighted by Gasteiger charge is 2.24. The van der Waals surface area contributed by atoms with Gasteiger partial charge in [-0.25, -0.2) is 4.99 Å². The van der Waals surface area contributed by atoms with Crippen LogP contribution in [0.15, 0.2) is 52.1 Å². The summed E-state index contributed by atoms with van der Waals surface area (Å²) < 4.78 is 11.0. The van der Waals surface area contributed by atoms with E-state index in [9.17, 15) is 0 Å². The number of furan rings is 1. The quantitative estimate of drug-likeness (QED) is 0.316. The molecule has 1 aromatic carbocycles. The molecule has 1 atom stereocenters. The van der Waals surface area contributed by atoms with Gasteiger partial charge in [-0.1, -0.05) is 18.6 Å². The van der Waals surface area contributed by atoms with Crippen molar-refractivity contribution >= 4 is 29.9 Å². The van der Waals surface area contributed by atoms with Gasteiger partial charge in [0.15, 0.2) is 5.96 Å². The summed E-state index contributed by atoms with van der Waals surface area (Å²) in [5.41, 5.74) is 1.15. The van der Waals surface area contributed by atoms with Crippen molar-refractivity contribution in [2.75, 3.05) is 33.3 Å². The highest BCUT2D eigenvalue weighted by atomic mass is 127. The van der Waals surface area contributed by atoms with Gasteiger partial charge in [-0.2, -0.15) is 0 Å². The summed E-state index contributed by atoms with van der Waals surface area (Å²) in [5, 5.41) is 6.86. The molecule has 29 heavy (non-hydrogen) atoms. The van der Waals surface area contributed by atoms with E-state index < -0.39 is 0 Å². The second kappa shape index (κ2) is 12.7. The molecule has 1 aliphatic rings. The zero-order chi connectivity index (χ0) is 19.6. The molecule has 1 unspecified atom stereocenters. The smallest absolute Gasteiger partial charge is 0.191 e. The van der Waals surface area contributed by atoms with Crippen molar-refractivity contribution in [1.82, 2.24) is 15.5 Å². The van der Waals surface area contributed by atoms with E-state index in [1.54, 1.807) is 13.4 Å². The molecule has 160 valence electrons. The maximum atomic E-state index is 5.74. The number of hydrogen-bond donors (Lipinski definition) is 2. The fraction of sp³-hybridized carbons (Fsp3) is 0.500. The first-order chi connectivity index (χ1) is 13.8. The SMILES string of the molecule is CCNC(=NCc1ccc(OC)cc1)NCC(c1ccco1)N1CCCCC1.I. The van der Waals surface area contributed by atoms with E-state index in [4.69, 9.17) is 14.1 Å². The predicted molar refractivity (Wildman–Crippen MR) is 128 cm³/mol. The average molecular weight is 512 g/mol. The van der Waals surface area contributed by atoms with Crippen LogP contribution in [0.3, 0.4) is 0 Å². The highest BCUT2D eigenvalue weighted by Crippen LogP contribution is 2.24. The number of nitrogens with zero attached hydrogens (tertiary/aromatic N) is 2. The van der Waals surface area contributed by atoms with Crippen LogP contribution in [0, 0.1) is 0 Å². The van der Waals surface area contributed by atoms with E-state index in [0.717, 1.165) is 49.2 Å². The number of nitrogens with one attached hydrogen (secondary N) is 2. The Balaban J connectivity index is 0.00000300. The van der Waals surface area contributed by atoms with Crippen molar-refractivity contribution in [3.05, 3.63) is 54.0 Å². The summed E-state index contributed by atoms with van der Waals surface area (Å²) in [4.78, 5) is 7.26. The number of benzene rings is 1. The van der Waals surface area contributed by atoms with Gasteiger partial charge in [0, 0.05) is 13.1 Å². The minimum Gasteiger partial charge on any atom is -0.497 e. The van der Waals surface area contributed by atoms with Gasteiger partial charge in [0.05, 0.1) is 26.0 Å². The second-order valence-electron chi connectivity index (χ2n) is 7.05. The van der Waals surface area contributed by atoms with Crippen molar-refractivity contribution in [3.63, 3.8) is 0 Å². The normalized spacial score (nSPS) is 16.0. The molecule has 2 heterocycles. The summed E-state index contributed by atoms with van der Waals surface area (Å²) in [5.74, 6) is 2.70. The maximum absolute atomic E-state index is 5.74. The topological polar surface area (TPSA) is 62.0 Å². The van der Waals surface area contributed by atoms with Crippen LogP contribution in [0.25, 0.3) is 0 Å². The van der Waals surface area contributed by atoms with Crippen molar-refractivity contribution in [3.8, 4) is 5.75 Å². The fourth-order valence-electron chi connectivity index (χ4n) is 3.56. The summed E-state index contributed by atoms with van der Waals surface area (Å²) in [6, 6.07) is 12.3. The van der Waals surface area contributed by atoms with Gasteiger partial charge < -0.3 is 19.8 Å². The van der Waals surface area contributed by atoms with Crippen LogP contribution in [0.4, 0.5) is 0 Å². The first kappa shape index (κ1) is 23.5. The van der Waals surface area contributed by atoms with E-state index >= 15 is 0 Å². The van der Waals surface area contributed by atoms with Gasteiger partial charge in [-0.3, -0.25) is 4.90 Å². The Morgan fingerprint density at radius 2 is 1.90 bits per heavy atom. The Morgan fingerprint density at radius 3 is 2.52 bits per heavy atom. The molecule has 7 heteroatoms. The largest absolute Gasteiger partial charge is 0.497 e. The number of guanidine groups is 1. The minimum absolute atomic E-state index is 0. The van der Waals surface area contributed by atoms with E-state index in [1.807, 2.05) is 30.3 Å².